The number of carbonyl (C=O) groups excluding carboxylic acids is 1. The third-order valence-electron chi connectivity index (χ3n) is 5.79. The summed E-state index contributed by atoms with van der Waals surface area (Å²) < 4.78 is 5.16. The van der Waals surface area contributed by atoms with E-state index in [-0.39, 0.29) is 6.09 Å². The van der Waals surface area contributed by atoms with Crippen molar-refractivity contribution in [1.29, 1.82) is 0 Å². The van der Waals surface area contributed by atoms with E-state index in [4.69, 9.17) is 4.74 Å². The highest BCUT2D eigenvalue weighted by molar-refractivity contribution is 5.67. The predicted octanol–water partition coefficient (Wildman–Crippen LogP) is 4.34. The number of rotatable bonds is 4. The number of likely N-dealkylation sites (tertiary alicyclic amines) is 2. The minimum atomic E-state index is -0.150. The number of aromatic nitrogens is 1. The van der Waals surface area contributed by atoms with Crippen molar-refractivity contribution in [2.24, 2.45) is 0 Å². The molecule has 1 atom stereocenters. The van der Waals surface area contributed by atoms with Crippen molar-refractivity contribution in [2.45, 2.75) is 64.8 Å². The molecule has 3 rings (SSSR count). The summed E-state index contributed by atoms with van der Waals surface area (Å²) in [5, 5.41) is 3.23. The van der Waals surface area contributed by atoms with E-state index in [2.05, 4.69) is 21.3 Å². The number of anilines is 1. The molecule has 1 amide bonds. The number of nitrogens with zero attached hydrogens (tertiary/aromatic N) is 3. The Morgan fingerprint density at radius 3 is 2.61 bits per heavy atom. The first-order valence-electron chi connectivity index (χ1n) is 11.0. The van der Waals surface area contributed by atoms with Crippen molar-refractivity contribution in [1.82, 2.24) is 14.8 Å². The molecule has 2 aliphatic rings. The van der Waals surface area contributed by atoms with E-state index in [1.807, 2.05) is 45.0 Å². The number of pyridine rings is 1. The van der Waals surface area contributed by atoms with Gasteiger partial charge >= 0.3 is 6.09 Å². The van der Waals surface area contributed by atoms with Gasteiger partial charge < -0.3 is 19.9 Å². The van der Waals surface area contributed by atoms with Crippen molar-refractivity contribution in [3.05, 3.63) is 23.9 Å². The first-order valence-corrected chi connectivity index (χ1v) is 11.0. The first-order chi connectivity index (χ1) is 13.7. The largest absolute Gasteiger partial charge is 0.450 e. The van der Waals surface area contributed by atoms with E-state index in [0.717, 1.165) is 44.8 Å². The maximum absolute atomic E-state index is 12.0. The van der Waals surface area contributed by atoms with Crippen LogP contribution in [-0.4, -0.2) is 66.8 Å². The highest BCUT2D eigenvalue weighted by Gasteiger charge is 2.29. The van der Waals surface area contributed by atoms with E-state index >= 15 is 0 Å². The van der Waals surface area contributed by atoms with E-state index in [1.165, 1.54) is 24.8 Å². The molecule has 0 aromatic carbocycles. The Balaban J connectivity index is 0.00000136. The number of amides is 1. The Labute approximate surface area is 170 Å². The molecule has 158 valence electrons. The van der Waals surface area contributed by atoms with Crippen molar-refractivity contribution in [3.63, 3.8) is 0 Å². The molecule has 0 aliphatic carbocycles. The van der Waals surface area contributed by atoms with Gasteiger partial charge in [0.1, 0.15) is 5.82 Å². The maximum Gasteiger partial charge on any atom is 0.409 e. The van der Waals surface area contributed by atoms with Gasteiger partial charge in [-0.25, -0.2) is 9.78 Å². The molecule has 6 heteroatoms. The van der Waals surface area contributed by atoms with E-state index < -0.39 is 0 Å². The Morgan fingerprint density at radius 2 is 1.93 bits per heavy atom. The molecule has 1 aromatic heterocycles. The zero-order valence-corrected chi connectivity index (χ0v) is 18.1. The summed E-state index contributed by atoms with van der Waals surface area (Å²) in [5.74, 6) is 1.61. The van der Waals surface area contributed by atoms with Crippen LogP contribution in [0.1, 0.15) is 64.4 Å². The smallest absolute Gasteiger partial charge is 0.409 e. The van der Waals surface area contributed by atoms with Gasteiger partial charge in [0.25, 0.3) is 0 Å². The topological polar surface area (TPSA) is 57.7 Å². The van der Waals surface area contributed by atoms with Gasteiger partial charge in [0, 0.05) is 32.4 Å². The standard InChI is InChI=1S/C20H32N4O2.C2H6/c1-3-26-20(25)24-12-5-6-17(10-15-24)23-13-8-16(9-14-23)18-7-4-11-22-19(18)21-2;1-2/h4,7,11,16-17H,3,5-6,8-10,12-15H2,1-2H3,(H,21,22);1-2H3. The quantitative estimate of drug-likeness (QED) is 0.829. The molecule has 6 nitrogen and oxygen atoms in total. The normalized spacial score (nSPS) is 21.3. The van der Waals surface area contributed by atoms with Crippen LogP contribution in [0.3, 0.4) is 0 Å². The zero-order valence-electron chi connectivity index (χ0n) is 18.1. The van der Waals surface area contributed by atoms with E-state index in [1.54, 1.807) is 0 Å². The van der Waals surface area contributed by atoms with Gasteiger partial charge in [-0.3, -0.25) is 0 Å². The second-order valence-corrected chi connectivity index (χ2v) is 7.27. The minimum Gasteiger partial charge on any atom is -0.450 e. The summed E-state index contributed by atoms with van der Waals surface area (Å²) in [6.45, 7) is 10.2. The fourth-order valence-corrected chi connectivity index (χ4v) is 4.37. The summed E-state index contributed by atoms with van der Waals surface area (Å²) >= 11 is 0. The SMILES string of the molecule is CC.CCOC(=O)N1CCCC(N2CCC(c3cccnc3NC)CC2)CC1. The number of piperidine rings is 1. The highest BCUT2D eigenvalue weighted by Crippen LogP contribution is 2.33. The van der Waals surface area contributed by atoms with Crippen LogP contribution in [0.5, 0.6) is 0 Å². The lowest BCUT2D eigenvalue weighted by atomic mass is 9.88. The molecule has 0 spiro atoms. The lowest BCUT2D eigenvalue weighted by Crippen LogP contribution is -2.41. The van der Waals surface area contributed by atoms with Crippen LogP contribution in [0.4, 0.5) is 10.6 Å². The van der Waals surface area contributed by atoms with Crippen molar-refractivity contribution in [2.75, 3.05) is 45.2 Å². The third kappa shape index (κ3) is 5.84. The van der Waals surface area contributed by atoms with Crippen LogP contribution in [0.15, 0.2) is 18.3 Å². The van der Waals surface area contributed by atoms with Crippen LogP contribution < -0.4 is 5.32 Å². The summed E-state index contributed by atoms with van der Waals surface area (Å²) in [4.78, 5) is 21.0. The average Bonchev–Trinajstić information content (AvgIpc) is 3.02. The molecule has 0 saturated carbocycles. The highest BCUT2D eigenvalue weighted by atomic mass is 16.6. The molecule has 3 heterocycles. The van der Waals surface area contributed by atoms with E-state index in [9.17, 15) is 4.79 Å². The lowest BCUT2D eigenvalue weighted by molar-refractivity contribution is 0.105. The summed E-state index contributed by atoms with van der Waals surface area (Å²) in [6, 6.07) is 4.84. The minimum absolute atomic E-state index is 0.150. The zero-order chi connectivity index (χ0) is 20.4. The number of nitrogens with one attached hydrogen (secondary N) is 1. The van der Waals surface area contributed by atoms with Crippen molar-refractivity contribution >= 4 is 11.9 Å². The molecule has 28 heavy (non-hydrogen) atoms. The summed E-state index contributed by atoms with van der Waals surface area (Å²) in [5.41, 5.74) is 1.35. The van der Waals surface area contributed by atoms with E-state index in [0.29, 0.717) is 18.6 Å². The molecule has 2 saturated heterocycles. The molecule has 1 unspecified atom stereocenters. The molecule has 0 radical (unpaired) electrons. The second-order valence-electron chi connectivity index (χ2n) is 7.27. The molecular weight excluding hydrogens is 352 g/mol. The summed E-state index contributed by atoms with van der Waals surface area (Å²) in [6.07, 6.45) is 7.36. The number of ether oxygens (including phenoxy) is 1. The second kappa shape index (κ2) is 11.9. The third-order valence-corrected chi connectivity index (χ3v) is 5.79. The van der Waals surface area contributed by atoms with Crippen molar-refractivity contribution < 1.29 is 9.53 Å². The molecule has 2 aliphatic heterocycles. The van der Waals surface area contributed by atoms with Gasteiger partial charge in [-0.1, -0.05) is 19.9 Å². The van der Waals surface area contributed by atoms with Crippen LogP contribution >= 0.6 is 0 Å². The van der Waals surface area contributed by atoms with Crippen LogP contribution in [0.25, 0.3) is 0 Å². The Bertz CT molecular complexity index is 588. The van der Waals surface area contributed by atoms with Gasteiger partial charge in [0.15, 0.2) is 0 Å². The fourth-order valence-electron chi connectivity index (χ4n) is 4.37. The van der Waals surface area contributed by atoms with Gasteiger partial charge in [-0.05, 0) is 69.7 Å². The maximum atomic E-state index is 12.0. The Hall–Kier alpha value is -1.82. The Kier molecular flexibility index (Phi) is 9.55. The lowest BCUT2D eigenvalue weighted by Gasteiger charge is -2.37. The predicted molar refractivity (Wildman–Crippen MR) is 115 cm³/mol. The molecular formula is C22H38N4O2. The van der Waals surface area contributed by atoms with Crippen LogP contribution in [-0.2, 0) is 4.74 Å². The number of hydrogen-bond donors (Lipinski definition) is 1. The van der Waals surface area contributed by atoms with Crippen LogP contribution in [0.2, 0.25) is 0 Å². The Morgan fingerprint density at radius 1 is 1.18 bits per heavy atom. The van der Waals surface area contributed by atoms with Crippen molar-refractivity contribution in [3.8, 4) is 0 Å². The monoisotopic (exact) mass is 390 g/mol. The first kappa shape index (κ1) is 22.5. The summed E-state index contributed by atoms with van der Waals surface area (Å²) in [7, 11) is 1.95. The van der Waals surface area contributed by atoms with Gasteiger partial charge in [-0.2, -0.15) is 0 Å². The fraction of sp³-hybridized carbons (Fsp3) is 0.727. The molecule has 1 aromatic rings. The molecule has 2 fully saturated rings. The number of hydrogen-bond acceptors (Lipinski definition) is 5. The molecule has 1 N–H and O–H groups in total. The average molecular weight is 391 g/mol. The van der Waals surface area contributed by atoms with Gasteiger partial charge in [0.2, 0.25) is 0 Å². The van der Waals surface area contributed by atoms with Gasteiger partial charge in [0.05, 0.1) is 6.61 Å². The van der Waals surface area contributed by atoms with Gasteiger partial charge in [-0.15, -0.1) is 0 Å². The molecule has 0 bridgehead atoms. The van der Waals surface area contributed by atoms with Crippen LogP contribution in [0, 0.1) is 0 Å². The number of carbonyl (C=O) groups is 1.